The number of rotatable bonds is 6. The van der Waals surface area contributed by atoms with Crippen LogP contribution in [-0.2, 0) is 4.79 Å². The summed E-state index contributed by atoms with van der Waals surface area (Å²) in [6.07, 6.45) is 5.89. The van der Waals surface area contributed by atoms with Gasteiger partial charge in [0.1, 0.15) is 0 Å². The maximum absolute atomic E-state index is 11.4. The van der Waals surface area contributed by atoms with Gasteiger partial charge in [-0.25, -0.2) is 9.59 Å². The number of urea groups is 1. The molecule has 0 spiro atoms. The van der Waals surface area contributed by atoms with Gasteiger partial charge in [-0.15, -0.1) is 0 Å². The Morgan fingerprint density at radius 1 is 1.37 bits per heavy atom. The summed E-state index contributed by atoms with van der Waals surface area (Å²) in [6, 6.07) is -1.78. The van der Waals surface area contributed by atoms with Gasteiger partial charge in [0.15, 0.2) is 6.04 Å². The normalized spacial score (nSPS) is 24.5. The SMILES string of the molecule is CC1CCCC(CCNC(=O)N[C@H](CO)C(=O)O)C1. The highest BCUT2D eigenvalue weighted by atomic mass is 16.4. The molecule has 0 bridgehead atoms. The molecule has 1 rings (SSSR count). The van der Waals surface area contributed by atoms with E-state index < -0.39 is 24.6 Å². The molecule has 0 saturated heterocycles. The van der Waals surface area contributed by atoms with E-state index >= 15 is 0 Å². The predicted octanol–water partition coefficient (Wildman–Crippen LogP) is 0.947. The topological polar surface area (TPSA) is 98.7 Å². The fourth-order valence-corrected chi connectivity index (χ4v) is 2.61. The van der Waals surface area contributed by atoms with Crippen LogP contribution in [0.25, 0.3) is 0 Å². The van der Waals surface area contributed by atoms with E-state index in [1.807, 2.05) is 0 Å². The van der Waals surface area contributed by atoms with Crippen molar-refractivity contribution in [2.24, 2.45) is 11.8 Å². The van der Waals surface area contributed by atoms with Gasteiger partial charge >= 0.3 is 12.0 Å². The first kappa shape index (κ1) is 15.8. The van der Waals surface area contributed by atoms with Gasteiger partial charge in [-0.05, 0) is 24.7 Å². The van der Waals surface area contributed by atoms with Crippen molar-refractivity contribution in [2.45, 2.75) is 45.1 Å². The molecule has 4 N–H and O–H groups in total. The highest BCUT2D eigenvalue weighted by Gasteiger charge is 2.20. The number of carbonyl (C=O) groups excluding carboxylic acids is 1. The van der Waals surface area contributed by atoms with Crippen LogP contribution in [0.2, 0.25) is 0 Å². The van der Waals surface area contributed by atoms with Crippen LogP contribution in [0, 0.1) is 11.8 Å². The van der Waals surface area contributed by atoms with Gasteiger partial charge in [0.25, 0.3) is 0 Å². The van der Waals surface area contributed by atoms with E-state index in [4.69, 9.17) is 10.2 Å². The van der Waals surface area contributed by atoms with Gasteiger partial charge in [-0.3, -0.25) is 0 Å². The summed E-state index contributed by atoms with van der Waals surface area (Å²) in [4.78, 5) is 22.0. The smallest absolute Gasteiger partial charge is 0.328 e. The summed E-state index contributed by atoms with van der Waals surface area (Å²) >= 11 is 0. The van der Waals surface area contributed by atoms with Crippen LogP contribution >= 0.6 is 0 Å². The Kier molecular flexibility index (Phi) is 6.62. The third kappa shape index (κ3) is 5.92. The number of carboxylic acid groups (broad SMARTS) is 1. The lowest BCUT2D eigenvalue weighted by molar-refractivity contribution is -0.140. The van der Waals surface area contributed by atoms with Crippen molar-refractivity contribution in [1.82, 2.24) is 10.6 Å². The maximum Gasteiger partial charge on any atom is 0.328 e. The van der Waals surface area contributed by atoms with E-state index in [2.05, 4.69) is 17.6 Å². The first-order valence-corrected chi connectivity index (χ1v) is 6.91. The molecule has 6 nitrogen and oxygen atoms in total. The average Bonchev–Trinajstić information content (AvgIpc) is 2.35. The van der Waals surface area contributed by atoms with Crippen LogP contribution in [0.4, 0.5) is 4.79 Å². The maximum atomic E-state index is 11.4. The van der Waals surface area contributed by atoms with E-state index in [0.717, 1.165) is 12.3 Å². The van der Waals surface area contributed by atoms with Crippen molar-refractivity contribution in [2.75, 3.05) is 13.2 Å². The van der Waals surface area contributed by atoms with Crippen LogP contribution in [0.15, 0.2) is 0 Å². The van der Waals surface area contributed by atoms with Crippen molar-refractivity contribution < 1.29 is 19.8 Å². The van der Waals surface area contributed by atoms with Crippen molar-refractivity contribution in [3.8, 4) is 0 Å². The fourth-order valence-electron chi connectivity index (χ4n) is 2.61. The Hall–Kier alpha value is -1.30. The molecule has 19 heavy (non-hydrogen) atoms. The number of hydrogen-bond donors (Lipinski definition) is 4. The van der Waals surface area contributed by atoms with Gasteiger partial charge < -0.3 is 20.8 Å². The third-order valence-electron chi connectivity index (χ3n) is 3.67. The molecule has 1 saturated carbocycles. The Morgan fingerprint density at radius 2 is 2.11 bits per heavy atom. The van der Waals surface area contributed by atoms with Gasteiger partial charge in [-0.1, -0.05) is 26.2 Å². The molecule has 1 aliphatic carbocycles. The zero-order valence-corrected chi connectivity index (χ0v) is 11.4. The number of aliphatic carboxylic acids is 1. The lowest BCUT2D eigenvalue weighted by atomic mass is 9.81. The van der Waals surface area contributed by atoms with Gasteiger partial charge in [0.2, 0.25) is 0 Å². The molecular weight excluding hydrogens is 248 g/mol. The molecule has 1 aliphatic rings. The zero-order valence-electron chi connectivity index (χ0n) is 11.4. The number of hydrogen-bond acceptors (Lipinski definition) is 3. The average molecular weight is 272 g/mol. The Balaban J connectivity index is 2.17. The van der Waals surface area contributed by atoms with Crippen molar-refractivity contribution in [3.05, 3.63) is 0 Å². The molecular formula is C13H24N2O4. The quantitative estimate of drug-likeness (QED) is 0.578. The summed E-state index contributed by atoms with van der Waals surface area (Å²) in [5.74, 6) is 0.175. The molecule has 3 atom stereocenters. The monoisotopic (exact) mass is 272 g/mol. The molecule has 0 aromatic heterocycles. The summed E-state index contributed by atoms with van der Waals surface area (Å²) in [6.45, 7) is 2.19. The van der Waals surface area contributed by atoms with Crippen LogP contribution in [0.1, 0.15) is 39.0 Å². The molecule has 0 aromatic carbocycles. The largest absolute Gasteiger partial charge is 0.480 e. The van der Waals surface area contributed by atoms with E-state index in [-0.39, 0.29) is 0 Å². The molecule has 0 radical (unpaired) electrons. The molecule has 0 aromatic rings. The van der Waals surface area contributed by atoms with Crippen molar-refractivity contribution >= 4 is 12.0 Å². The van der Waals surface area contributed by atoms with E-state index in [0.29, 0.717) is 12.5 Å². The van der Waals surface area contributed by atoms with Gasteiger partial charge in [-0.2, -0.15) is 0 Å². The number of aliphatic hydroxyl groups excluding tert-OH is 1. The van der Waals surface area contributed by atoms with Crippen molar-refractivity contribution in [3.63, 3.8) is 0 Å². The van der Waals surface area contributed by atoms with Crippen LogP contribution in [0.5, 0.6) is 0 Å². The first-order chi connectivity index (χ1) is 9.02. The molecule has 2 amide bonds. The zero-order chi connectivity index (χ0) is 14.3. The fraction of sp³-hybridized carbons (Fsp3) is 0.846. The van der Waals surface area contributed by atoms with Crippen LogP contribution < -0.4 is 10.6 Å². The molecule has 110 valence electrons. The lowest BCUT2D eigenvalue weighted by Gasteiger charge is -2.26. The highest BCUT2D eigenvalue weighted by molar-refractivity contribution is 5.82. The second kappa shape index (κ2) is 7.99. The Bertz CT molecular complexity index is 309. The lowest BCUT2D eigenvalue weighted by Crippen LogP contribution is -2.48. The van der Waals surface area contributed by atoms with E-state index in [1.165, 1.54) is 25.7 Å². The molecule has 2 unspecified atom stereocenters. The standard InChI is InChI=1S/C13H24N2O4/c1-9-3-2-4-10(7-9)5-6-14-13(19)15-11(8-16)12(17)18/h9-11,16H,2-8H2,1H3,(H,17,18)(H2,14,15,19)/t9?,10?,11-/m1/s1. The highest BCUT2D eigenvalue weighted by Crippen LogP contribution is 2.30. The Labute approximate surface area is 113 Å². The minimum atomic E-state index is -1.24. The van der Waals surface area contributed by atoms with E-state index in [1.54, 1.807) is 0 Å². The van der Waals surface area contributed by atoms with Crippen molar-refractivity contribution in [1.29, 1.82) is 0 Å². The number of aliphatic hydroxyl groups is 1. The molecule has 0 heterocycles. The van der Waals surface area contributed by atoms with Crippen LogP contribution in [-0.4, -0.2) is 41.4 Å². The van der Waals surface area contributed by atoms with E-state index in [9.17, 15) is 9.59 Å². The second-order valence-corrected chi connectivity index (χ2v) is 5.40. The molecule has 1 fully saturated rings. The predicted molar refractivity (Wildman–Crippen MR) is 70.8 cm³/mol. The third-order valence-corrected chi connectivity index (χ3v) is 3.67. The van der Waals surface area contributed by atoms with Gasteiger partial charge in [0.05, 0.1) is 6.61 Å². The number of carboxylic acids is 1. The Morgan fingerprint density at radius 3 is 2.68 bits per heavy atom. The second-order valence-electron chi connectivity index (χ2n) is 5.40. The van der Waals surface area contributed by atoms with Crippen LogP contribution in [0.3, 0.4) is 0 Å². The first-order valence-electron chi connectivity index (χ1n) is 6.91. The van der Waals surface area contributed by atoms with Gasteiger partial charge in [0, 0.05) is 6.54 Å². The summed E-state index contributed by atoms with van der Waals surface area (Å²) in [5, 5.41) is 22.3. The number of carbonyl (C=O) groups is 2. The number of amides is 2. The number of nitrogens with one attached hydrogen (secondary N) is 2. The summed E-state index contributed by atoms with van der Waals surface area (Å²) < 4.78 is 0. The minimum absolute atomic E-state index is 0.537. The molecule has 0 aliphatic heterocycles. The summed E-state index contributed by atoms with van der Waals surface area (Å²) in [7, 11) is 0. The summed E-state index contributed by atoms with van der Waals surface area (Å²) in [5.41, 5.74) is 0. The molecule has 6 heteroatoms. The minimum Gasteiger partial charge on any atom is -0.480 e.